The summed E-state index contributed by atoms with van der Waals surface area (Å²) in [7, 11) is 0. The van der Waals surface area contributed by atoms with Crippen LogP contribution in [-0.2, 0) is 0 Å². The molecule has 0 unspecified atom stereocenters. The number of hydrogen-bond acceptors (Lipinski definition) is 3. The predicted octanol–water partition coefficient (Wildman–Crippen LogP) is 12.5. The summed E-state index contributed by atoms with van der Waals surface area (Å²) in [6.07, 6.45) is 0. The minimum Gasteiger partial charge on any atom is -0.245 e. The molecule has 218 valence electrons. The van der Waals surface area contributed by atoms with Gasteiger partial charge in [-0.2, -0.15) is 0 Å². The Morgan fingerprint density at radius 2 is 0.872 bits per heavy atom. The Bertz CT molecular complexity index is 2860. The van der Waals surface area contributed by atoms with Gasteiger partial charge in [0.05, 0.1) is 22.4 Å². The van der Waals surface area contributed by atoms with Crippen LogP contribution < -0.4 is 0 Å². The second-order valence-corrected chi connectivity index (χ2v) is 13.3. The topological polar surface area (TPSA) is 25.8 Å². The number of pyridine rings is 2. The molecule has 0 aliphatic carbocycles. The van der Waals surface area contributed by atoms with Crippen LogP contribution in [0.3, 0.4) is 0 Å². The molecule has 47 heavy (non-hydrogen) atoms. The lowest BCUT2D eigenvalue weighted by atomic mass is 9.99. The minimum atomic E-state index is 0.921. The maximum atomic E-state index is 5.25. The van der Waals surface area contributed by atoms with Gasteiger partial charge in [-0.1, -0.05) is 103 Å². The SMILES string of the molecule is c1cc(-c2ccc3sc4ccccc4c3c2)cc(-c2ccc3ccc4ccc(-c5ccc6cc7ccccc7cc6c5)nc4c3n2)c1. The monoisotopic (exact) mass is 614 g/mol. The fraction of sp³-hybridized carbons (Fsp3) is 0. The van der Waals surface area contributed by atoms with Crippen molar-refractivity contribution in [1.29, 1.82) is 0 Å². The van der Waals surface area contributed by atoms with Crippen LogP contribution in [0, 0.1) is 0 Å². The van der Waals surface area contributed by atoms with Crippen molar-refractivity contribution in [3.8, 4) is 33.6 Å². The Balaban J connectivity index is 1.07. The molecule has 0 spiro atoms. The van der Waals surface area contributed by atoms with E-state index >= 15 is 0 Å². The van der Waals surface area contributed by atoms with E-state index in [9.17, 15) is 0 Å². The lowest BCUT2D eigenvalue weighted by Crippen LogP contribution is -1.91. The third-order valence-corrected chi connectivity index (χ3v) is 10.5. The van der Waals surface area contributed by atoms with Gasteiger partial charge >= 0.3 is 0 Å². The van der Waals surface area contributed by atoms with E-state index in [2.05, 4.69) is 158 Å². The van der Waals surface area contributed by atoms with Crippen molar-refractivity contribution in [1.82, 2.24) is 9.97 Å². The van der Waals surface area contributed by atoms with Crippen molar-refractivity contribution < 1.29 is 0 Å². The summed E-state index contributed by atoms with van der Waals surface area (Å²) in [5, 5.41) is 9.75. The molecule has 10 aromatic rings. The van der Waals surface area contributed by atoms with Crippen LogP contribution in [0.25, 0.3) is 97.2 Å². The molecule has 0 bridgehead atoms. The molecule has 3 heterocycles. The summed E-state index contributed by atoms with van der Waals surface area (Å²) in [4.78, 5) is 10.5. The zero-order valence-corrected chi connectivity index (χ0v) is 26.1. The van der Waals surface area contributed by atoms with Crippen LogP contribution in [0.2, 0.25) is 0 Å². The van der Waals surface area contributed by atoms with Gasteiger partial charge in [-0.05, 0) is 87.3 Å². The van der Waals surface area contributed by atoms with Crippen LogP contribution in [0.5, 0.6) is 0 Å². The molecule has 3 heteroatoms. The average Bonchev–Trinajstić information content (AvgIpc) is 3.51. The first-order valence-electron chi connectivity index (χ1n) is 15.9. The van der Waals surface area contributed by atoms with E-state index in [1.165, 1.54) is 52.8 Å². The first-order chi connectivity index (χ1) is 23.2. The molecule has 0 aliphatic heterocycles. The fourth-order valence-electron chi connectivity index (χ4n) is 6.95. The molecule has 0 N–H and O–H groups in total. The zero-order chi connectivity index (χ0) is 30.9. The highest BCUT2D eigenvalue weighted by atomic mass is 32.1. The normalized spacial score (nSPS) is 11.8. The van der Waals surface area contributed by atoms with Gasteiger partial charge in [0.25, 0.3) is 0 Å². The number of fused-ring (bicyclic) bond motifs is 8. The summed E-state index contributed by atoms with van der Waals surface area (Å²) < 4.78 is 2.64. The summed E-state index contributed by atoms with van der Waals surface area (Å²) in [6, 6.07) is 56.8. The van der Waals surface area contributed by atoms with Crippen molar-refractivity contribution in [3.05, 3.63) is 158 Å². The predicted molar refractivity (Wildman–Crippen MR) is 201 cm³/mol. The number of hydrogen-bond donors (Lipinski definition) is 0. The van der Waals surface area contributed by atoms with Gasteiger partial charge in [-0.15, -0.1) is 11.3 Å². The third-order valence-electron chi connectivity index (χ3n) is 9.39. The van der Waals surface area contributed by atoms with E-state index in [0.29, 0.717) is 0 Å². The Kier molecular flexibility index (Phi) is 5.78. The highest BCUT2D eigenvalue weighted by molar-refractivity contribution is 7.25. The Morgan fingerprint density at radius 3 is 1.66 bits per heavy atom. The van der Waals surface area contributed by atoms with Gasteiger partial charge in [0.2, 0.25) is 0 Å². The first-order valence-corrected chi connectivity index (χ1v) is 16.7. The summed E-state index contributed by atoms with van der Waals surface area (Å²) in [5.74, 6) is 0. The quantitative estimate of drug-likeness (QED) is 0.146. The van der Waals surface area contributed by atoms with Gasteiger partial charge < -0.3 is 0 Å². The lowest BCUT2D eigenvalue weighted by molar-refractivity contribution is 1.37. The maximum Gasteiger partial charge on any atom is 0.0972 e. The summed E-state index contributed by atoms with van der Waals surface area (Å²) >= 11 is 1.85. The largest absolute Gasteiger partial charge is 0.245 e. The van der Waals surface area contributed by atoms with Crippen molar-refractivity contribution in [3.63, 3.8) is 0 Å². The van der Waals surface area contributed by atoms with Gasteiger partial charge in [0.1, 0.15) is 0 Å². The van der Waals surface area contributed by atoms with Gasteiger partial charge in [0.15, 0.2) is 0 Å². The van der Waals surface area contributed by atoms with Crippen LogP contribution in [0.15, 0.2) is 158 Å². The number of benzene rings is 7. The molecule has 2 nitrogen and oxygen atoms in total. The highest BCUT2D eigenvalue weighted by Crippen LogP contribution is 2.37. The highest BCUT2D eigenvalue weighted by Gasteiger charge is 2.12. The molecular formula is C44H26N2S. The van der Waals surface area contributed by atoms with Crippen LogP contribution in [0.1, 0.15) is 0 Å². The maximum absolute atomic E-state index is 5.25. The lowest BCUT2D eigenvalue weighted by Gasteiger charge is -2.10. The molecule has 10 rings (SSSR count). The van der Waals surface area contributed by atoms with E-state index in [1.54, 1.807) is 0 Å². The van der Waals surface area contributed by atoms with Crippen molar-refractivity contribution in [2.75, 3.05) is 0 Å². The number of rotatable bonds is 3. The van der Waals surface area contributed by atoms with Crippen molar-refractivity contribution in [2.45, 2.75) is 0 Å². The van der Waals surface area contributed by atoms with Gasteiger partial charge in [-0.3, -0.25) is 0 Å². The molecule has 0 aliphatic rings. The molecule has 3 aromatic heterocycles. The smallest absolute Gasteiger partial charge is 0.0972 e. The molecule has 0 fully saturated rings. The molecule has 0 atom stereocenters. The first kappa shape index (κ1) is 26.3. The number of thiophene rings is 1. The van der Waals surface area contributed by atoms with Gasteiger partial charge in [-0.25, -0.2) is 9.97 Å². The zero-order valence-electron chi connectivity index (χ0n) is 25.3. The minimum absolute atomic E-state index is 0.921. The van der Waals surface area contributed by atoms with E-state index in [4.69, 9.17) is 9.97 Å². The molecule has 0 saturated heterocycles. The second-order valence-electron chi connectivity index (χ2n) is 12.3. The van der Waals surface area contributed by atoms with Crippen molar-refractivity contribution in [2.24, 2.45) is 0 Å². The Morgan fingerprint density at radius 1 is 0.319 bits per heavy atom. The van der Waals surface area contributed by atoms with E-state index in [1.807, 2.05) is 11.3 Å². The van der Waals surface area contributed by atoms with Crippen LogP contribution in [-0.4, -0.2) is 9.97 Å². The van der Waals surface area contributed by atoms with Crippen LogP contribution >= 0.6 is 11.3 Å². The second kappa shape index (κ2) is 10.3. The van der Waals surface area contributed by atoms with E-state index < -0.39 is 0 Å². The Hall–Kier alpha value is -5.90. The standard InChI is InChI=1S/C44H26N2S/c1-2-7-30-24-36-25-35(15-14-32(36)22-29(30)6-1)40-20-17-28-13-12-27-16-19-39(45-43(27)44(28)46-40)34-9-5-8-31(23-34)33-18-21-42-38(26-33)37-10-3-4-11-41(37)47-42/h1-26H. The average molecular weight is 615 g/mol. The van der Waals surface area contributed by atoms with E-state index in [0.717, 1.165) is 44.3 Å². The summed E-state index contributed by atoms with van der Waals surface area (Å²) in [6.45, 7) is 0. The number of aromatic nitrogens is 2. The van der Waals surface area contributed by atoms with Crippen LogP contribution in [0.4, 0.5) is 0 Å². The summed E-state index contributed by atoms with van der Waals surface area (Å²) in [5.41, 5.74) is 8.33. The molecule has 0 amide bonds. The van der Waals surface area contributed by atoms with E-state index in [-0.39, 0.29) is 0 Å². The molecule has 0 radical (unpaired) electrons. The fourth-order valence-corrected chi connectivity index (χ4v) is 8.04. The van der Waals surface area contributed by atoms with Gasteiger partial charge in [0, 0.05) is 42.1 Å². The molecule has 7 aromatic carbocycles. The Labute approximate surface area is 275 Å². The molecule has 0 saturated carbocycles. The molecular weight excluding hydrogens is 589 g/mol. The van der Waals surface area contributed by atoms with Crippen molar-refractivity contribution >= 4 is 74.9 Å². The third kappa shape index (κ3) is 4.39. The number of nitrogens with zero attached hydrogens (tertiary/aromatic N) is 2.